The van der Waals surface area contributed by atoms with Crippen LogP contribution >= 0.6 is 0 Å². The summed E-state index contributed by atoms with van der Waals surface area (Å²) in [6, 6.07) is 15.8. The molecule has 5 nitrogen and oxygen atoms in total. The van der Waals surface area contributed by atoms with Gasteiger partial charge in [-0.3, -0.25) is 0 Å². The molecular formula is C28H39F2NO4. The number of rotatable bonds is 15. The van der Waals surface area contributed by atoms with Crippen molar-refractivity contribution in [2.75, 3.05) is 26.3 Å². The number of nitrogens with one attached hydrogen (secondary N) is 1. The highest BCUT2D eigenvalue weighted by molar-refractivity contribution is 5.39. The molecule has 0 aliphatic carbocycles. The number of hydrogen-bond acceptors (Lipinski definition) is 5. The van der Waals surface area contributed by atoms with Crippen molar-refractivity contribution in [2.45, 2.75) is 76.8 Å². The van der Waals surface area contributed by atoms with E-state index >= 15 is 0 Å². The summed E-state index contributed by atoms with van der Waals surface area (Å²) in [5.41, 5.74) is 2.92. The number of benzene rings is 2. The van der Waals surface area contributed by atoms with Gasteiger partial charge in [-0.1, -0.05) is 36.4 Å². The number of fused-ring (bicyclic) bond motifs is 1. The van der Waals surface area contributed by atoms with Crippen molar-refractivity contribution in [2.24, 2.45) is 0 Å². The summed E-state index contributed by atoms with van der Waals surface area (Å²) in [5, 5.41) is 13.5. The average molecular weight is 492 g/mol. The van der Waals surface area contributed by atoms with Gasteiger partial charge in [0.15, 0.2) is 0 Å². The molecule has 1 aliphatic heterocycles. The van der Waals surface area contributed by atoms with Gasteiger partial charge in [0.1, 0.15) is 5.75 Å². The molecule has 0 fully saturated rings. The van der Waals surface area contributed by atoms with Crippen LogP contribution in [0.25, 0.3) is 0 Å². The van der Waals surface area contributed by atoms with Crippen LogP contribution < -0.4 is 10.1 Å². The molecule has 2 aromatic rings. The van der Waals surface area contributed by atoms with Crippen LogP contribution in [0.4, 0.5) is 8.78 Å². The second-order valence-electron chi connectivity index (χ2n) is 9.64. The molecule has 7 heteroatoms. The molecule has 3 rings (SSSR count). The Labute approximate surface area is 207 Å². The zero-order chi connectivity index (χ0) is 25.2. The third-order valence-electron chi connectivity index (χ3n) is 6.09. The Bertz CT molecular complexity index is 892. The molecule has 0 amide bonds. The van der Waals surface area contributed by atoms with Gasteiger partial charge >= 0.3 is 0 Å². The van der Waals surface area contributed by atoms with Gasteiger partial charge in [-0.05, 0) is 55.5 Å². The molecule has 35 heavy (non-hydrogen) atoms. The van der Waals surface area contributed by atoms with Crippen molar-refractivity contribution in [3.8, 4) is 5.75 Å². The maximum absolute atomic E-state index is 14.1. The second-order valence-corrected chi connectivity index (χ2v) is 9.64. The van der Waals surface area contributed by atoms with Crippen molar-refractivity contribution in [3.63, 3.8) is 0 Å². The molecule has 0 aromatic heterocycles. The first-order valence-electron chi connectivity index (χ1n) is 12.6. The summed E-state index contributed by atoms with van der Waals surface area (Å²) < 4.78 is 45.0. The monoisotopic (exact) mass is 491 g/mol. The summed E-state index contributed by atoms with van der Waals surface area (Å²) in [6.07, 6.45) is 1.98. The number of unbranched alkanes of at least 4 members (excludes halogenated alkanes) is 1. The van der Waals surface area contributed by atoms with Gasteiger partial charge < -0.3 is 24.6 Å². The third kappa shape index (κ3) is 9.84. The Morgan fingerprint density at radius 3 is 2.66 bits per heavy atom. The molecule has 1 aliphatic rings. The maximum atomic E-state index is 14.1. The van der Waals surface area contributed by atoms with E-state index in [0.29, 0.717) is 32.7 Å². The molecule has 0 radical (unpaired) electrons. The smallest absolute Gasteiger partial charge is 0.250 e. The van der Waals surface area contributed by atoms with Crippen molar-refractivity contribution in [1.82, 2.24) is 5.32 Å². The highest BCUT2D eigenvalue weighted by atomic mass is 19.3. The fourth-order valence-corrected chi connectivity index (χ4v) is 4.02. The van der Waals surface area contributed by atoms with Crippen LogP contribution in [0.2, 0.25) is 0 Å². The van der Waals surface area contributed by atoms with Gasteiger partial charge in [-0.25, -0.2) is 8.78 Å². The number of halogens is 2. The lowest BCUT2D eigenvalue weighted by molar-refractivity contribution is -0.180. The summed E-state index contributed by atoms with van der Waals surface area (Å²) >= 11 is 0. The molecule has 0 unspecified atom stereocenters. The molecule has 1 atom stereocenters. The number of aryl methyl sites for hydroxylation is 1. The first kappa shape index (κ1) is 27.5. The van der Waals surface area contributed by atoms with Gasteiger partial charge in [0.05, 0.1) is 19.3 Å². The van der Waals surface area contributed by atoms with E-state index in [1.807, 2.05) is 50.2 Å². The quantitative estimate of drug-likeness (QED) is 0.309. The Morgan fingerprint density at radius 1 is 1.06 bits per heavy atom. The SMILES string of the molecule is CC1(C)OCc2cc([C@H](O)CNCCCC(F)(F)CCOCCCCc3ccccc3)ccc2O1. The predicted octanol–water partition coefficient (Wildman–Crippen LogP) is 5.80. The van der Waals surface area contributed by atoms with Crippen LogP contribution in [-0.4, -0.2) is 43.1 Å². The fraction of sp³-hybridized carbons (Fsp3) is 0.571. The predicted molar refractivity (Wildman–Crippen MR) is 133 cm³/mol. The van der Waals surface area contributed by atoms with E-state index in [1.54, 1.807) is 0 Å². The number of ether oxygens (including phenoxy) is 3. The van der Waals surface area contributed by atoms with Crippen LogP contribution in [0.1, 0.15) is 68.7 Å². The van der Waals surface area contributed by atoms with E-state index in [-0.39, 0.29) is 19.4 Å². The molecule has 0 bridgehead atoms. The number of aliphatic hydroxyl groups is 1. The van der Waals surface area contributed by atoms with Crippen molar-refractivity contribution < 1.29 is 28.1 Å². The zero-order valence-electron chi connectivity index (χ0n) is 20.9. The van der Waals surface area contributed by atoms with Crippen molar-refractivity contribution in [1.29, 1.82) is 0 Å². The van der Waals surface area contributed by atoms with Crippen LogP contribution in [0, 0.1) is 0 Å². The first-order chi connectivity index (χ1) is 16.7. The fourth-order valence-electron chi connectivity index (χ4n) is 4.02. The second kappa shape index (κ2) is 13.3. The Hall–Kier alpha value is -2.06. The average Bonchev–Trinajstić information content (AvgIpc) is 2.83. The van der Waals surface area contributed by atoms with E-state index in [1.165, 1.54) is 5.56 Å². The van der Waals surface area contributed by atoms with Crippen molar-refractivity contribution >= 4 is 0 Å². The zero-order valence-corrected chi connectivity index (χ0v) is 20.9. The number of aliphatic hydroxyl groups excluding tert-OH is 1. The summed E-state index contributed by atoms with van der Waals surface area (Å²) in [4.78, 5) is 0. The van der Waals surface area contributed by atoms with Crippen LogP contribution in [-0.2, 0) is 22.5 Å². The van der Waals surface area contributed by atoms with E-state index in [0.717, 1.165) is 36.1 Å². The first-order valence-corrected chi connectivity index (χ1v) is 12.6. The Morgan fingerprint density at radius 2 is 1.86 bits per heavy atom. The van der Waals surface area contributed by atoms with Gasteiger partial charge in [-0.2, -0.15) is 0 Å². The van der Waals surface area contributed by atoms with Crippen LogP contribution in [0.5, 0.6) is 5.75 Å². The lowest BCUT2D eigenvalue weighted by Crippen LogP contribution is -2.35. The molecule has 0 spiro atoms. The molecule has 194 valence electrons. The number of hydrogen-bond donors (Lipinski definition) is 2. The highest BCUT2D eigenvalue weighted by Crippen LogP contribution is 2.33. The minimum absolute atomic E-state index is 0.0768. The summed E-state index contributed by atoms with van der Waals surface area (Å²) in [7, 11) is 0. The normalized spacial score (nSPS) is 15.9. The van der Waals surface area contributed by atoms with E-state index in [9.17, 15) is 13.9 Å². The van der Waals surface area contributed by atoms with Gasteiger partial charge in [-0.15, -0.1) is 0 Å². The molecule has 2 aromatic carbocycles. The molecule has 0 saturated heterocycles. The molecule has 2 N–H and O–H groups in total. The summed E-state index contributed by atoms with van der Waals surface area (Å²) in [6.45, 7) is 5.43. The lowest BCUT2D eigenvalue weighted by Gasteiger charge is -2.33. The van der Waals surface area contributed by atoms with Crippen molar-refractivity contribution in [3.05, 3.63) is 65.2 Å². The molecule has 0 saturated carbocycles. The van der Waals surface area contributed by atoms with Crippen LogP contribution in [0.3, 0.4) is 0 Å². The third-order valence-corrected chi connectivity index (χ3v) is 6.09. The minimum atomic E-state index is -2.74. The molecular weight excluding hydrogens is 452 g/mol. The van der Waals surface area contributed by atoms with E-state index < -0.39 is 17.8 Å². The molecule has 1 heterocycles. The van der Waals surface area contributed by atoms with E-state index in [2.05, 4.69) is 17.4 Å². The minimum Gasteiger partial charge on any atom is -0.463 e. The van der Waals surface area contributed by atoms with Gasteiger partial charge in [0.25, 0.3) is 0 Å². The topological polar surface area (TPSA) is 60.0 Å². The maximum Gasteiger partial charge on any atom is 0.250 e. The lowest BCUT2D eigenvalue weighted by atomic mass is 10.0. The largest absolute Gasteiger partial charge is 0.463 e. The van der Waals surface area contributed by atoms with E-state index in [4.69, 9.17) is 14.2 Å². The Balaban J connectivity index is 1.23. The summed E-state index contributed by atoms with van der Waals surface area (Å²) in [5.74, 6) is -2.65. The highest BCUT2D eigenvalue weighted by Gasteiger charge is 2.28. The standard InChI is InChI=1S/C28H39F2NO4/c1-27(2)34-21-24-19-23(12-13-26(24)35-27)25(32)20-31-16-8-14-28(29,30)15-18-33-17-7-6-11-22-9-4-3-5-10-22/h3-5,9-10,12-13,19,25,31-32H,6-8,11,14-18,20-21H2,1-2H3/t25-/m1/s1. The van der Waals surface area contributed by atoms with Crippen LogP contribution in [0.15, 0.2) is 48.5 Å². The Kier molecular flexibility index (Phi) is 10.5. The number of alkyl halides is 2. The van der Waals surface area contributed by atoms with Gasteiger partial charge in [0, 0.05) is 45.4 Å². The van der Waals surface area contributed by atoms with Gasteiger partial charge in [0.2, 0.25) is 11.7 Å².